The molecule has 0 aromatic heterocycles. The van der Waals surface area contributed by atoms with Crippen molar-refractivity contribution < 1.29 is 27.4 Å². The number of sulfonamides is 1. The summed E-state index contributed by atoms with van der Waals surface area (Å²) in [5.41, 5.74) is 0.464. The van der Waals surface area contributed by atoms with Gasteiger partial charge in [0.25, 0.3) is 0 Å². The number of anilines is 1. The molecule has 1 atom stereocenters. The van der Waals surface area contributed by atoms with Crippen molar-refractivity contribution >= 4 is 21.6 Å². The predicted octanol–water partition coefficient (Wildman–Crippen LogP) is 2.41. The highest BCUT2D eigenvalue weighted by atomic mass is 32.2. The van der Waals surface area contributed by atoms with Gasteiger partial charge in [-0.1, -0.05) is 12.1 Å². The number of amides is 1. The molecule has 0 aliphatic carbocycles. The molecule has 152 valence electrons. The second-order valence-corrected chi connectivity index (χ2v) is 7.49. The maximum Gasteiger partial charge on any atom is 0.242 e. The molecule has 0 unspecified atom stereocenters. The lowest BCUT2D eigenvalue weighted by atomic mass is 10.2. The Labute approximate surface area is 164 Å². The zero-order chi connectivity index (χ0) is 20.7. The van der Waals surface area contributed by atoms with E-state index in [0.717, 1.165) is 0 Å². The number of carbonyl (C=O) groups is 1. The number of carbonyl (C=O) groups excluding carboxylic acids is 1. The molecule has 2 rings (SSSR count). The normalized spacial score (nSPS) is 12.1. The van der Waals surface area contributed by atoms with Gasteiger partial charge in [-0.3, -0.25) is 4.79 Å². The molecule has 0 aliphatic rings. The molecule has 28 heavy (non-hydrogen) atoms. The van der Waals surface area contributed by atoms with E-state index in [9.17, 15) is 13.2 Å². The average molecular weight is 408 g/mol. The fourth-order valence-corrected chi connectivity index (χ4v) is 3.65. The first-order valence-corrected chi connectivity index (χ1v) is 10.1. The summed E-state index contributed by atoms with van der Waals surface area (Å²) in [6.45, 7) is 3.73. The maximum atomic E-state index is 12.6. The van der Waals surface area contributed by atoms with Crippen molar-refractivity contribution in [3.8, 4) is 17.2 Å². The molecule has 0 radical (unpaired) electrons. The van der Waals surface area contributed by atoms with Crippen molar-refractivity contribution in [3.63, 3.8) is 0 Å². The molecule has 2 N–H and O–H groups in total. The Kier molecular flexibility index (Phi) is 7.24. The molecule has 1 amide bonds. The van der Waals surface area contributed by atoms with E-state index in [1.807, 2.05) is 6.92 Å². The second kappa shape index (κ2) is 9.43. The summed E-state index contributed by atoms with van der Waals surface area (Å²) in [6, 6.07) is 10.1. The van der Waals surface area contributed by atoms with Gasteiger partial charge in [-0.05, 0) is 38.1 Å². The first-order valence-electron chi connectivity index (χ1n) is 8.59. The minimum Gasteiger partial charge on any atom is -0.493 e. The van der Waals surface area contributed by atoms with Crippen LogP contribution in [0.15, 0.2) is 47.4 Å². The van der Waals surface area contributed by atoms with Crippen molar-refractivity contribution in [2.45, 2.75) is 24.8 Å². The van der Waals surface area contributed by atoms with E-state index >= 15 is 0 Å². The number of para-hydroxylation sites is 2. The number of ether oxygens (including phenoxy) is 3. The van der Waals surface area contributed by atoms with Gasteiger partial charge < -0.3 is 19.5 Å². The Bertz CT molecular complexity index is 930. The van der Waals surface area contributed by atoms with Gasteiger partial charge in [0.05, 0.1) is 37.5 Å². The largest absolute Gasteiger partial charge is 0.493 e. The van der Waals surface area contributed by atoms with E-state index in [0.29, 0.717) is 23.8 Å². The van der Waals surface area contributed by atoms with E-state index in [-0.39, 0.29) is 10.6 Å². The molecule has 9 heteroatoms. The highest BCUT2D eigenvalue weighted by molar-refractivity contribution is 7.89. The van der Waals surface area contributed by atoms with Gasteiger partial charge in [0.2, 0.25) is 15.9 Å². The number of hydrogen-bond acceptors (Lipinski definition) is 6. The first-order chi connectivity index (χ1) is 13.3. The van der Waals surface area contributed by atoms with Gasteiger partial charge in [0.15, 0.2) is 11.5 Å². The third kappa shape index (κ3) is 5.14. The molecule has 2 aromatic carbocycles. The molecule has 0 aliphatic heterocycles. The van der Waals surface area contributed by atoms with Crippen molar-refractivity contribution in [1.29, 1.82) is 0 Å². The molecule has 0 heterocycles. The van der Waals surface area contributed by atoms with Crippen LogP contribution in [0.25, 0.3) is 0 Å². The molecule has 0 saturated heterocycles. The lowest BCUT2D eigenvalue weighted by Gasteiger charge is -2.17. The number of nitrogens with one attached hydrogen (secondary N) is 2. The van der Waals surface area contributed by atoms with Crippen molar-refractivity contribution in [2.24, 2.45) is 0 Å². The fourth-order valence-electron chi connectivity index (χ4n) is 2.43. The van der Waals surface area contributed by atoms with Crippen LogP contribution in [0.1, 0.15) is 13.8 Å². The topological polar surface area (TPSA) is 103 Å². The van der Waals surface area contributed by atoms with Gasteiger partial charge >= 0.3 is 0 Å². The monoisotopic (exact) mass is 408 g/mol. The smallest absolute Gasteiger partial charge is 0.242 e. The van der Waals surface area contributed by atoms with E-state index in [4.69, 9.17) is 14.2 Å². The Morgan fingerprint density at radius 2 is 1.71 bits per heavy atom. The Hall–Kier alpha value is -2.78. The number of hydrogen-bond donors (Lipinski definition) is 2. The van der Waals surface area contributed by atoms with Crippen molar-refractivity contribution in [2.75, 3.05) is 26.1 Å². The van der Waals surface area contributed by atoms with Crippen LogP contribution in [0, 0.1) is 0 Å². The van der Waals surface area contributed by atoms with E-state index in [1.165, 1.54) is 39.3 Å². The third-order valence-corrected chi connectivity index (χ3v) is 5.37. The van der Waals surface area contributed by atoms with Crippen LogP contribution in [-0.4, -0.2) is 41.2 Å². The highest BCUT2D eigenvalue weighted by Gasteiger charge is 2.24. The zero-order valence-corrected chi connectivity index (χ0v) is 17.0. The van der Waals surface area contributed by atoms with Gasteiger partial charge in [-0.15, -0.1) is 0 Å². The molecule has 0 spiro atoms. The summed E-state index contributed by atoms with van der Waals surface area (Å²) in [4.78, 5) is 12.4. The number of benzene rings is 2. The lowest BCUT2D eigenvalue weighted by Crippen LogP contribution is -2.41. The van der Waals surface area contributed by atoms with Crippen LogP contribution in [0.2, 0.25) is 0 Å². The Morgan fingerprint density at radius 1 is 1.04 bits per heavy atom. The van der Waals surface area contributed by atoms with Crippen LogP contribution < -0.4 is 24.2 Å². The van der Waals surface area contributed by atoms with Gasteiger partial charge in [0.1, 0.15) is 5.75 Å². The maximum absolute atomic E-state index is 12.6. The van der Waals surface area contributed by atoms with Gasteiger partial charge in [-0.2, -0.15) is 4.72 Å². The fraction of sp³-hybridized carbons (Fsp3) is 0.316. The Balaban J connectivity index is 2.15. The van der Waals surface area contributed by atoms with Gasteiger partial charge in [0, 0.05) is 6.07 Å². The summed E-state index contributed by atoms with van der Waals surface area (Å²) in [5.74, 6) is 0.664. The summed E-state index contributed by atoms with van der Waals surface area (Å²) < 4.78 is 43.3. The molecule has 2 aromatic rings. The van der Waals surface area contributed by atoms with Crippen molar-refractivity contribution in [3.05, 3.63) is 42.5 Å². The van der Waals surface area contributed by atoms with Gasteiger partial charge in [-0.25, -0.2) is 8.42 Å². The van der Waals surface area contributed by atoms with Crippen LogP contribution in [0.4, 0.5) is 5.69 Å². The summed E-state index contributed by atoms with van der Waals surface area (Å²) >= 11 is 0. The Morgan fingerprint density at radius 3 is 2.36 bits per heavy atom. The number of rotatable bonds is 9. The molecule has 0 bridgehead atoms. The lowest BCUT2D eigenvalue weighted by molar-refractivity contribution is -0.117. The SMILES string of the molecule is CCOc1ccccc1NC(=O)[C@H](C)NS(=O)(=O)c1ccc(OC)c(OC)c1. The molecule has 0 fully saturated rings. The van der Waals surface area contributed by atoms with Crippen LogP contribution in [0.5, 0.6) is 17.2 Å². The first kappa shape index (κ1) is 21.5. The molecular weight excluding hydrogens is 384 g/mol. The summed E-state index contributed by atoms with van der Waals surface area (Å²) in [7, 11) is -1.09. The molecular formula is C19H24N2O6S. The minimum atomic E-state index is -3.95. The molecule has 8 nitrogen and oxygen atoms in total. The summed E-state index contributed by atoms with van der Waals surface area (Å²) in [5, 5.41) is 2.67. The number of methoxy groups -OCH3 is 2. The quantitative estimate of drug-likeness (QED) is 0.661. The summed E-state index contributed by atoms with van der Waals surface area (Å²) in [6.07, 6.45) is 0. The standard InChI is InChI=1S/C19H24N2O6S/c1-5-27-16-9-7-6-8-15(16)20-19(22)13(2)21-28(23,24)14-10-11-17(25-3)18(12-14)26-4/h6-13,21H,5H2,1-4H3,(H,20,22)/t13-/m0/s1. The van der Waals surface area contributed by atoms with E-state index in [1.54, 1.807) is 24.3 Å². The minimum absolute atomic E-state index is 0.0421. The zero-order valence-electron chi connectivity index (χ0n) is 16.2. The van der Waals surface area contributed by atoms with E-state index < -0.39 is 22.0 Å². The van der Waals surface area contributed by atoms with Crippen LogP contribution in [-0.2, 0) is 14.8 Å². The highest BCUT2D eigenvalue weighted by Crippen LogP contribution is 2.29. The van der Waals surface area contributed by atoms with Crippen molar-refractivity contribution in [1.82, 2.24) is 4.72 Å². The predicted molar refractivity (Wildman–Crippen MR) is 106 cm³/mol. The van der Waals surface area contributed by atoms with Crippen LogP contribution >= 0.6 is 0 Å². The molecule has 0 saturated carbocycles. The second-order valence-electron chi connectivity index (χ2n) is 5.78. The average Bonchev–Trinajstić information content (AvgIpc) is 2.68. The van der Waals surface area contributed by atoms with E-state index in [2.05, 4.69) is 10.0 Å². The van der Waals surface area contributed by atoms with Crippen LogP contribution in [0.3, 0.4) is 0 Å². The third-order valence-electron chi connectivity index (χ3n) is 3.84.